The quantitative estimate of drug-likeness (QED) is 0.768. The molecule has 1 atom stereocenters. The Labute approximate surface area is 155 Å². The zero-order valence-corrected chi connectivity index (χ0v) is 16.1. The highest BCUT2D eigenvalue weighted by molar-refractivity contribution is 7.91. The lowest BCUT2D eigenvalue weighted by Gasteiger charge is -2.25. The van der Waals surface area contributed by atoms with E-state index in [0.717, 1.165) is 11.3 Å². The van der Waals surface area contributed by atoms with Crippen molar-refractivity contribution in [3.05, 3.63) is 34.7 Å². The molecule has 0 spiro atoms. The second-order valence-corrected chi connectivity index (χ2v) is 9.91. The lowest BCUT2D eigenvalue weighted by Crippen LogP contribution is -2.48. The van der Waals surface area contributed by atoms with Gasteiger partial charge in [0.2, 0.25) is 0 Å². The summed E-state index contributed by atoms with van der Waals surface area (Å²) in [4.78, 5) is 4.49. The van der Waals surface area contributed by atoms with Gasteiger partial charge in [-0.05, 0) is 37.7 Å². The molecule has 24 heavy (non-hydrogen) atoms. The first-order valence-corrected chi connectivity index (χ1v) is 10.7. The summed E-state index contributed by atoms with van der Waals surface area (Å²) < 4.78 is 23.3. The van der Waals surface area contributed by atoms with Gasteiger partial charge in [0.05, 0.1) is 22.7 Å². The van der Waals surface area contributed by atoms with E-state index in [0.29, 0.717) is 21.7 Å². The number of hydrogen-bond donors (Lipinski definition) is 2. The van der Waals surface area contributed by atoms with Gasteiger partial charge in [0.15, 0.2) is 20.1 Å². The van der Waals surface area contributed by atoms with Crippen LogP contribution in [0.5, 0.6) is 0 Å². The van der Waals surface area contributed by atoms with Crippen molar-refractivity contribution < 1.29 is 8.42 Å². The molecule has 0 unspecified atom stereocenters. The molecule has 0 bridgehead atoms. The average Bonchev–Trinajstić information content (AvgIpc) is 3.04. The van der Waals surface area contributed by atoms with E-state index in [-0.39, 0.29) is 11.5 Å². The van der Waals surface area contributed by atoms with Crippen molar-refractivity contribution in [2.45, 2.75) is 18.9 Å². The normalized spacial score (nSPS) is 22.2. The van der Waals surface area contributed by atoms with E-state index in [1.807, 2.05) is 36.6 Å². The molecular weight excluding hydrogens is 386 g/mol. The van der Waals surface area contributed by atoms with Gasteiger partial charge in [-0.1, -0.05) is 23.7 Å². The van der Waals surface area contributed by atoms with Crippen LogP contribution in [0.4, 0.5) is 5.13 Å². The van der Waals surface area contributed by atoms with E-state index in [4.69, 9.17) is 23.8 Å². The number of aromatic nitrogens is 1. The van der Waals surface area contributed by atoms with Crippen LogP contribution in [-0.2, 0) is 9.84 Å². The Morgan fingerprint density at radius 2 is 2.08 bits per heavy atom. The SMILES string of the molecule is C[C@@]1(NC(=S)Nc2nc(-c3ccc(Cl)cc3)cs2)CCS(=O)(=O)C1. The van der Waals surface area contributed by atoms with Gasteiger partial charge in [-0.25, -0.2) is 13.4 Å². The minimum Gasteiger partial charge on any atom is -0.356 e. The van der Waals surface area contributed by atoms with Gasteiger partial charge in [-0.2, -0.15) is 0 Å². The maximum Gasteiger partial charge on any atom is 0.189 e. The van der Waals surface area contributed by atoms with Gasteiger partial charge in [-0.3, -0.25) is 0 Å². The summed E-state index contributed by atoms with van der Waals surface area (Å²) in [6, 6.07) is 7.44. The van der Waals surface area contributed by atoms with Crippen molar-refractivity contribution in [1.29, 1.82) is 0 Å². The average molecular weight is 402 g/mol. The molecule has 128 valence electrons. The van der Waals surface area contributed by atoms with E-state index in [2.05, 4.69) is 15.6 Å². The van der Waals surface area contributed by atoms with Gasteiger partial charge in [-0.15, -0.1) is 11.3 Å². The number of anilines is 1. The minimum atomic E-state index is -2.98. The first-order chi connectivity index (χ1) is 11.2. The fourth-order valence-electron chi connectivity index (χ4n) is 2.60. The third-order valence-electron chi connectivity index (χ3n) is 3.78. The maximum atomic E-state index is 11.6. The van der Waals surface area contributed by atoms with Crippen LogP contribution in [0.15, 0.2) is 29.6 Å². The summed E-state index contributed by atoms with van der Waals surface area (Å²) in [5.41, 5.74) is 1.27. The topological polar surface area (TPSA) is 71.1 Å². The van der Waals surface area contributed by atoms with Crippen LogP contribution in [0.3, 0.4) is 0 Å². The molecule has 1 fully saturated rings. The van der Waals surface area contributed by atoms with Crippen LogP contribution in [-0.4, -0.2) is 35.6 Å². The van der Waals surface area contributed by atoms with E-state index >= 15 is 0 Å². The van der Waals surface area contributed by atoms with Crippen LogP contribution < -0.4 is 10.6 Å². The highest BCUT2D eigenvalue weighted by Gasteiger charge is 2.38. The molecule has 3 rings (SSSR count). The molecule has 0 aliphatic carbocycles. The summed E-state index contributed by atoms with van der Waals surface area (Å²) in [7, 11) is -2.98. The molecule has 1 aliphatic heterocycles. The molecule has 0 saturated carbocycles. The Balaban J connectivity index is 1.64. The third-order valence-corrected chi connectivity index (χ3v) is 6.90. The van der Waals surface area contributed by atoms with Crippen molar-refractivity contribution >= 4 is 55.2 Å². The molecule has 2 N–H and O–H groups in total. The van der Waals surface area contributed by atoms with Crippen molar-refractivity contribution in [2.24, 2.45) is 0 Å². The number of sulfone groups is 1. The van der Waals surface area contributed by atoms with Crippen LogP contribution in [0.25, 0.3) is 11.3 Å². The van der Waals surface area contributed by atoms with Gasteiger partial charge in [0.1, 0.15) is 0 Å². The first-order valence-electron chi connectivity index (χ1n) is 7.26. The maximum absolute atomic E-state index is 11.6. The fraction of sp³-hybridized carbons (Fsp3) is 0.333. The number of thiocarbonyl (C=S) groups is 1. The van der Waals surface area contributed by atoms with Crippen molar-refractivity contribution in [2.75, 3.05) is 16.8 Å². The van der Waals surface area contributed by atoms with Gasteiger partial charge >= 0.3 is 0 Å². The molecule has 9 heteroatoms. The molecule has 2 heterocycles. The number of rotatable bonds is 3. The highest BCUT2D eigenvalue weighted by atomic mass is 35.5. The minimum absolute atomic E-state index is 0.0930. The molecular formula is C15H16ClN3O2S3. The van der Waals surface area contributed by atoms with Crippen molar-refractivity contribution in [3.63, 3.8) is 0 Å². The molecule has 1 aromatic carbocycles. The van der Waals surface area contributed by atoms with Gasteiger partial charge in [0.25, 0.3) is 0 Å². The van der Waals surface area contributed by atoms with Crippen LogP contribution >= 0.6 is 35.2 Å². The molecule has 2 aromatic rings. The zero-order valence-electron chi connectivity index (χ0n) is 12.9. The highest BCUT2D eigenvalue weighted by Crippen LogP contribution is 2.27. The largest absolute Gasteiger partial charge is 0.356 e. The Kier molecular flexibility index (Phi) is 4.83. The Morgan fingerprint density at radius 3 is 2.71 bits per heavy atom. The van der Waals surface area contributed by atoms with Crippen LogP contribution in [0.1, 0.15) is 13.3 Å². The van der Waals surface area contributed by atoms with Crippen LogP contribution in [0.2, 0.25) is 5.02 Å². The molecule has 1 aliphatic rings. The van der Waals surface area contributed by atoms with Gasteiger partial charge < -0.3 is 10.6 Å². The third kappa shape index (κ3) is 4.24. The summed E-state index contributed by atoms with van der Waals surface area (Å²) in [6.07, 6.45) is 0.547. The number of thiazole rings is 1. The second-order valence-electron chi connectivity index (χ2n) is 6.03. The summed E-state index contributed by atoms with van der Waals surface area (Å²) in [5, 5.41) is 9.78. The van der Waals surface area contributed by atoms with Crippen LogP contribution in [0, 0.1) is 0 Å². The Bertz CT molecular complexity index is 864. The molecule has 1 saturated heterocycles. The first kappa shape index (κ1) is 17.6. The summed E-state index contributed by atoms with van der Waals surface area (Å²) in [6.45, 7) is 1.87. The predicted molar refractivity (Wildman–Crippen MR) is 104 cm³/mol. The summed E-state index contributed by atoms with van der Waals surface area (Å²) >= 11 is 12.6. The second kappa shape index (κ2) is 6.59. The fourth-order valence-corrected chi connectivity index (χ4v) is 5.95. The monoisotopic (exact) mass is 401 g/mol. The molecule has 1 aromatic heterocycles. The van der Waals surface area contributed by atoms with E-state index < -0.39 is 15.4 Å². The van der Waals surface area contributed by atoms with Crippen molar-refractivity contribution in [3.8, 4) is 11.3 Å². The molecule has 0 radical (unpaired) electrons. The number of nitrogens with zero attached hydrogens (tertiary/aromatic N) is 1. The lowest BCUT2D eigenvalue weighted by molar-refractivity contribution is 0.474. The van der Waals surface area contributed by atoms with E-state index in [9.17, 15) is 8.42 Å². The number of hydrogen-bond acceptors (Lipinski definition) is 5. The summed E-state index contributed by atoms with van der Waals surface area (Å²) in [5.74, 6) is 0.285. The lowest BCUT2D eigenvalue weighted by atomic mass is 10.0. The number of nitrogens with one attached hydrogen (secondary N) is 2. The molecule has 0 amide bonds. The predicted octanol–water partition coefficient (Wildman–Crippen LogP) is 3.33. The van der Waals surface area contributed by atoms with E-state index in [1.165, 1.54) is 11.3 Å². The number of halogens is 1. The van der Waals surface area contributed by atoms with E-state index in [1.54, 1.807) is 0 Å². The Hall–Kier alpha value is -1.22. The van der Waals surface area contributed by atoms with Gasteiger partial charge in [0, 0.05) is 16.0 Å². The smallest absolute Gasteiger partial charge is 0.189 e. The zero-order chi connectivity index (χ0) is 17.4. The number of benzene rings is 1. The Morgan fingerprint density at radius 1 is 1.38 bits per heavy atom. The standard InChI is InChI=1S/C15H16ClN3O2S3/c1-15(6-7-24(20,21)9-15)19-13(22)18-14-17-12(8-23-14)10-2-4-11(16)5-3-10/h2-5,8H,6-7,9H2,1H3,(H2,17,18,19,22)/t15-/m1/s1. The molecule has 5 nitrogen and oxygen atoms in total. The van der Waals surface area contributed by atoms with Crippen molar-refractivity contribution in [1.82, 2.24) is 10.3 Å².